The van der Waals surface area contributed by atoms with Crippen LogP contribution >= 0.6 is 0 Å². The largest absolute Gasteiger partial charge is 0.505 e. The van der Waals surface area contributed by atoms with Gasteiger partial charge in [0.2, 0.25) is 5.82 Å². The van der Waals surface area contributed by atoms with E-state index in [2.05, 4.69) is 6.92 Å². The normalized spacial score (nSPS) is 33.2. The lowest BCUT2D eigenvalue weighted by Gasteiger charge is -2.40. The SMILES string of the molecule is CCCC1CCC(C2CCC(C3Cc4ccc(O)c(F)c4OC3=O)CC2)CC1. The minimum atomic E-state index is -0.813. The number of phenols is 1. The molecule has 0 amide bonds. The number of carbonyl (C=O) groups excluding carboxylic acids is 1. The number of hydrogen-bond acceptors (Lipinski definition) is 3. The van der Waals surface area contributed by atoms with Crippen LogP contribution in [0, 0.1) is 35.4 Å². The monoisotopic (exact) mass is 388 g/mol. The maximum atomic E-state index is 14.0. The van der Waals surface area contributed by atoms with E-state index >= 15 is 0 Å². The zero-order chi connectivity index (χ0) is 19.7. The van der Waals surface area contributed by atoms with E-state index in [4.69, 9.17) is 4.74 Å². The van der Waals surface area contributed by atoms with Crippen molar-refractivity contribution in [1.82, 2.24) is 0 Å². The third kappa shape index (κ3) is 3.92. The van der Waals surface area contributed by atoms with Crippen molar-refractivity contribution in [3.8, 4) is 11.5 Å². The van der Waals surface area contributed by atoms with Crippen molar-refractivity contribution < 1.29 is 19.0 Å². The van der Waals surface area contributed by atoms with Crippen molar-refractivity contribution in [2.45, 2.75) is 77.6 Å². The Labute approximate surface area is 167 Å². The fourth-order valence-electron chi connectivity index (χ4n) is 6.09. The first-order valence-electron chi connectivity index (χ1n) is 11.3. The van der Waals surface area contributed by atoms with Crippen LogP contribution in [0.3, 0.4) is 0 Å². The van der Waals surface area contributed by atoms with Crippen molar-refractivity contribution in [1.29, 1.82) is 0 Å². The van der Waals surface area contributed by atoms with Crippen LogP contribution in [0.25, 0.3) is 0 Å². The molecule has 0 aromatic heterocycles. The molecule has 4 rings (SSSR count). The predicted octanol–water partition coefficient (Wildman–Crippen LogP) is 6.02. The molecule has 1 heterocycles. The lowest BCUT2D eigenvalue weighted by Crippen LogP contribution is -2.36. The molecule has 0 radical (unpaired) electrons. The van der Waals surface area contributed by atoms with E-state index < -0.39 is 11.6 Å². The summed E-state index contributed by atoms with van der Waals surface area (Å²) in [6.07, 6.45) is 13.4. The van der Waals surface area contributed by atoms with Crippen molar-refractivity contribution in [3.05, 3.63) is 23.5 Å². The molecular weight excluding hydrogens is 355 g/mol. The fraction of sp³-hybridized carbons (Fsp3) is 0.708. The Balaban J connectivity index is 1.33. The van der Waals surface area contributed by atoms with E-state index in [1.54, 1.807) is 6.07 Å². The van der Waals surface area contributed by atoms with Gasteiger partial charge in [0.05, 0.1) is 5.92 Å². The molecule has 3 aliphatic rings. The van der Waals surface area contributed by atoms with Crippen molar-refractivity contribution >= 4 is 5.97 Å². The van der Waals surface area contributed by atoms with Gasteiger partial charge in [0.25, 0.3) is 0 Å². The number of esters is 1. The highest BCUT2D eigenvalue weighted by molar-refractivity contribution is 5.78. The molecular formula is C24H33FO3. The fourth-order valence-corrected chi connectivity index (χ4v) is 6.09. The molecule has 2 saturated carbocycles. The van der Waals surface area contributed by atoms with Crippen LogP contribution in [-0.2, 0) is 11.2 Å². The van der Waals surface area contributed by atoms with Crippen LogP contribution in [-0.4, -0.2) is 11.1 Å². The van der Waals surface area contributed by atoms with Crippen LogP contribution in [0.15, 0.2) is 12.1 Å². The first kappa shape index (κ1) is 19.7. The molecule has 0 bridgehead atoms. The second-order valence-electron chi connectivity index (χ2n) is 9.36. The van der Waals surface area contributed by atoms with E-state index in [9.17, 15) is 14.3 Å². The summed E-state index contributed by atoms with van der Waals surface area (Å²) in [6, 6.07) is 3.05. The van der Waals surface area contributed by atoms with E-state index in [0.717, 1.165) is 30.6 Å². The predicted molar refractivity (Wildman–Crippen MR) is 107 cm³/mol. The lowest BCUT2D eigenvalue weighted by molar-refractivity contribution is -0.143. The second kappa shape index (κ2) is 8.42. The topological polar surface area (TPSA) is 46.5 Å². The van der Waals surface area contributed by atoms with Gasteiger partial charge in [-0.1, -0.05) is 38.7 Å². The number of aromatic hydroxyl groups is 1. The summed E-state index contributed by atoms with van der Waals surface area (Å²) < 4.78 is 19.3. The maximum Gasteiger partial charge on any atom is 0.315 e. The summed E-state index contributed by atoms with van der Waals surface area (Å²) in [5.74, 6) is 1.16. The number of fused-ring (bicyclic) bond motifs is 1. The van der Waals surface area contributed by atoms with Crippen LogP contribution in [0.2, 0.25) is 0 Å². The summed E-state index contributed by atoms with van der Waals surface area (Å²) in [5.41, 5.74) is 0.705. The molecule has 154 valence electrons. The molecule has 1 aromatic carbocycles. The molecule has 4 heteroatoms. The van der Waals surface area contributed by atoms with Crippen LogP contribution in [0.5, 0.6) is 11.5 Å². The summed E-state index contributed by atoms with van der Waals surface area (Å²) in [7, 11) is 0. The molecule has 2 fully saturated rings. The number of rotatable bonds is 4. The minimum Gasteiger partial charge on any atom is -0.505 e. The van der Waals surface area contributed by atoms with Gasteiger partial charge >= 0.3 is 5.97 Å². The van der Waals surface area contributed by atoms with E-state index in [0.29, 0.717) is 17.9 Å². The van der Waals surface area contributed by atoms with E-state index in [1.165, 1.54) is 57.4 Å². The molecule has 0 saturated heterocycles. The first-order chi connectivity index (χ1) is 13.6. The molecule has 2 aliphatic carbocycles. The quantitative estimate of drug-likeness (QED) is 0.506. The lowest BCUT2D eigenvalue weighted by atomic mass is 9.66. The Morgan fingerprint density at radius 2 is 1.61 bits per heavy atom. The molecule has 1 unspecified atom stereocenters. The summed E-state index contributed by atoms with van der Waals surface area (Å²) in [5, 5.41) is 9.51. The zero-order valence-electron chi connectivity index (χ0n) is 17.0. The van der Waals surface area contributed by atoms with Gasteiger partial charge < -0.3 is 9.84 Å². The number of phenolic OH excluding ortho intramolecular Hbond substituents is 1. The van der Waals surface area contributed by atoms with Gasteiger partial charge in [0, 0.05) is 0 Å². The Morgan fingerprint density at radius 1 is 1.00 bits per heavy atom. The van der Waals surface area contributed by atoms with Gasteiger partial charge in [-0.3, -0.25) is 4.79 Å². The summed E-state index contributed by atoms with van der Waals surface area (Å²) >= 11 is 0. The molecule has 0 spiro atoms. The van der Waals surface area contributed by atoms with Crippen molar-refractivity contribution in [2.24, 2.45) is 29.6 Å². The molecule has 28 heavy (non-hydrogen) atoms. The number of benzene rings is 1. The van der Waals surface area contributed by atoms with Crippen molar-refractivity contribution in [3.63, 3.8) is 0 Å². The minimum absolute atomic E-state index is 0.0706. The average molecular weight is 389 g/mol. The Kier molecular flexibility index (Phi) is 5.93. The number of carbonyl (C=O) groups is 1. The van der Waals surface area contributed by atoms with Crippen molar-refractivity contribution in [2.75, 3.05) is 0 Å². The third-order valence-corrected chi connectivity index (χ3v) is 7.74. The highest BCUT2D eigenvalue weighted by atomic mass is 19.1. The maximum absolute atomic E-state index is 14.0. The third-order valence-electron chi connectivity index (χ3n) is 7.74. The van der Waals surface area contributed by atoms with Gasteiger partial charge in [-0.25, -0.2) is 0 Å². The average Bonchev–Trinajstić information content (AvgIpc) is 2.72. The molecule has 1 atom stereocenters. The van der Waals surface area contributed by atoms with Gasteiger partial charge in [-0.2, -0.15) is 4.39 Å². The van der Waals surface area contributed by atoms with Gasteiger partial charge in [0.1, 0.15) is 0 Å². The number of hydrogen-bond donors (Lipinski definition) is 1. The Morgan fingerprint density at radius 3 is 2.25 bits per heavy atom. The molecule has 3 nitrogen and oxygen atoms in total. The second-order valence-corrected chi connectivity index (χ2v) is 9.36. The number of ether oxygens (including phenoxy) is 1. The zero-order valence-corrected chi connectivity index (χ0v) is 17.0. The van der Waals surface area contributed by atoms with Crippen LogP contribution < -0.4 is 4.74 Å². The molecule has 1 aromatic rings. The highest BCUT2D eigenvalue weighted by Gasteiger charge is 2.39. The Bertz CT molecular complexity index is 700. The van der Waals surface area contributed by atoms with Crippen LogP contribution in [0.1, 0.15) is 76.7 Å². The van der Waals surface area contributed by atoms with Gasteiger partial charge in [-0.15, -0.1) is 0 Å². The van der Waals surface area contributed by atoms with E-state index in [1.807, 2.05) is 0 Å². The molecule has 1 N–H and O–H groups in total. The smallest absolute Gasteiger partial charge is 0.315 e. The van der Waals surface area contributed by atoms with Crippen LogP contribution in [0.4, 0.5) is 4.39 Å². The number of halogens is 1. The van der Waals surface area contributed by atoms with Gasteiger partial charge in [0.15, 0.2) is 11.5 Å². The standard InChI is InChI=1S/C24H33FO3/c1-2-3-15-4-6-16(7-5-15)17-8-10-18(11-9-17)20-14-19-12-13-21(26)22(25)23(19)28-24(20)27/h12-13,15-18,20,26H,2-11,14H2,1H3. The Hall–Kier alpha value is -1.58. The van der Waals surface area contributed by atoms with Gasteiger partial charge in [-0.05, 0) is 80.2 Å². The highest BCUT2D eigenvalue weighted by Crippen LogP contribution is 2.46. The van der Waals surface area contributed by atoms with E-state index in [-0.39, 0.29) is 17.6 Å². The molecule has 1 aliphatic heterocycles. The summed E-state index contributed by atoms with van der Waals surface area (Å²) in [4.78, 5) is 12.5. The summed E-state index contributed by atoms with van der Waals surface area (Å²) in [6.45, 7) is 2.29. The first-order valence-corrected chi connectivity index (χ1v) is 11.3.